The summed E-state index contributed by atoms with van der Waals surface area (Å²) in [6, 6.07) is 10.9. The number of rotatable bonds is 3. The number of H-pyrrole nitrogens is 1. The van der Waals surface area contributed by atoms with Crippen molar-refractivity contribution in [3.8, 4) is 0 Å². The number of Topliss-reactive ketones (excluding diaryl/α,β-unsaturated/α-hetero) is 1. The van der Waals surface area contributed by atoms with Crippen LogP contribution in [0.25, 0.3) is 10.9 Å². The van der Waals surface area contributed by atoms with Crippen molar-refractivity contribution < 1.29 is 14.0 Å². The first-order chi connectivity index (χ1) is 10.5. The summed E-state index contributed by atoms with van der Waals surface area (Å²) in [5.41, 5.74) is 1.25. The number of nitrogens with one attached hydrogen (secondary N) is 2. The molecule has 0 saturated heterocycles. The number of hydrogen-bond donors (Lipinski definition) is 2. The van der Waals surface area contributed by atoms with Gasteiger partial charge in [0.2, 0.25) is 0 Å². The zero-order valence-corrected chi connectivity index (χ0v) is 12.8. The molecule has 2 N–H and O–H groups in total. The van der Waals surface area contributed by atoms with E-state index in [0.29, 0.717) is 16.6 Å². The maximum Gasteiger partial charge on any atom is 0.296 e. The van der Waals surface area contributed by atoms with Crippen molar-refractivity contribution in [2.45, 2.75) is 0 Å². The molecule has 0 saturated carbocycles. The number of carbonyl (C=O) groups is 2. The van der Waals surface area contributed by atoms with E-state index in [1.807, 2.05) is 0 Å². The molecule has 110 valence electrons. The Labute approximate surface area is 133 Å². The lowest BCUT2D eigenvalue weighted by molar-refractivity contribution is -0.112. The average molecular weight is 361 g/mol. The summed E-state index contributed by atoms with van der Waals surface area (Å²) >= 11 is 3.29. The fourth-order valence-corrected chi connectivity index (χ4v) is 2.39. The van der Waals surface area contributed by atoms with Gasteiger partial charge in [0.1, 0.15) is 5.82 Å². The van der Waals surface area contributed by atoms with Gasteiger partial charge in [-0.1, -0.05) is 15.9 Å². The minimum Gasteiger partial charge on any atom is -0.360 e. The number of amides is 1. The van der Waals surface area contributed by atoms with Gasteiger partial charge in [0.15, 0.2) is 0 Å². The minimum atomic E-state index is -0.771. The van der Waals surface area contributed by atoms with Crippen molar-refractivity contribution in [3.63, 3.8) is 0 Å². The van der Waals surface area contributed by atoms with E-state index in [1.165, 1.54) is 24.4 Å². The summed E-state index contributed by atoms with van der Waals surface area (Å²) in [7, 11) is 0. The molecule has 3 aromatic rings. The Kier molecular flexibility index (Phi) is 3.77. The van der Waals surface area contributed by atoms with Crippen molar-refractivity contribution in [1.82, 2.24) is 4.98 Å². The van der Waals surface area contributed by atoms with Gasteiger partial charge < -0.3 is 10.3 Å². The predicted molar refractivity (Wildman–Crippen MR) is 85.4 cm³/mol. The predicted octanol–water partition coefficient (Wildman–Crippen LogP) is 3.89. The van der Waals surface area contributed by atoms with Gasteiger partial charge in [-0.05, 0) is 42.5 Å². The summed E-state index contributed by atoms with van der Waals surface area (Å²) < 4.78 is 14.2. The molecule has 0 unspecified atom stereocenters. The van der Waals surface area contributed by atoms with Crippen LogP contribution in [0.2, 0.25) is 0 Å². The lowest BCUT2D eigenvalue weighted by Gasteiger charge is -2.04. The van der Waals surface area contributed by atoms with Crippen molar-refractivity contribution in [1.29, 1.82) is 0 Å². The van der Waals surface area contributed by atoms with E-state index >= 15 is 0 Å². The topological polar surface area (TPSA) is 62.0 Å². The first-order valence-electron chi connectivity index (χ1n) is 6.42. The number of aromatic amines is 1. The molecule has 1 heterocycles. The van der Waals surface area contributed by atoms with Gasteiger partial charge in [-0.15, -0.1) is 0 Å². The SMILES string of the molecule is O=C(Nc1ccc(Br)cc1)C(=O)c1c[nH]c2ccc(F)cc12. The number of hydrogen-bond acceptors (Lipinski definition) is 2. The number of carbonyl (C=O) groups excluding carboxylic acids is 2. The highest BCUT2D eigenvalue weighted by molar-refractivity contribution is 9.10. The third kappa shape index (κ3) is 2.78. The molecule has 3 rings (SSSR count). The van der Waals surface area contributed by atoms with Crippen molar-refractivity contribution in [2.75, 3.05) is 5.32 Å². The number of aromatic nitrogens is 1. The molecule has 0 atom stereocenters. The summed E-state index contributed by atoms with van der Waals surface area (Å²) in [5.74, 6) is -1.96. The van der Waals surface area contributed by atoms with Gasteiger partial charge >= 0.3 is 0 Å². The van der Waals surface area contributed by atoms with E-state index in [4.69, 9.17) is 0 Å². The number of ketones is 1. The maximum absolute atomic E-state index is 13.3. The molecule has 4 nitrogen and oxygen atoms in total. The molecule has 0 spiro atoms. The van der Waals surface area contributed by atoms with Gasteiger partial charge in [-0.25, -0.2) is 4.39 Å². The van der Waals surface area contributed by atoms with Gasteiger partial charge in [-0.2, -0.15) is 0 Å². The summed E-state index contributed by atoms with van der Waals surface area (Å²) in [4.78, 5) is 27.1. The Morgan fingerprint density at radius 1 is 1.09 bits per heavy atom. The van der Waals surface area contributed by atoms with Crippen LogP contribution in [0.4, 0.5) is 10.1 Å². The van der Waals surface area contributed by atoms with E-state index < -0.39 is 17.5 Å². The van der Waals surface area contributed by atoms with Gasteiger partial charge in [0.25, 0.3) is 11.7 Å². The summed E-state index contributed by atoms with van der Waals surface area (Å²) in [5, 5.41) is 2.90. The smallest absolute Gasteiger partial charge is 0.296 e. The largest absolute Gasteiger partial charge is 0.360 e. The molecule has 2 aromatic carbocycles. The normalized spacial score (nSPS) is 10.6. The highest BCUT2D eigenvalue weighted by atomic mass is 79.9. The lowest BCUT2D eigenvalue weighted by atomic mass is 10.1. The Morgan fingerprint density at radius 2 is 1.82 bits per heavy atom. The quantitative estimate of drug-likeness (QED) is 0.549. The molecule has 0 aliphatic carbocycles. The fourth-order valence-electron chi connectivity index (χ4n) is 2.12. The zero-order chi connectivity index (χ0) is 15.7. The highest BCUT2D eigenvalue weighted by Gasteiger charge is 2.20. The summed E-state index contributed by atoms with van der Waals surface area (Å²) in [6.45, 7) is 0. The summed E-state index contributed by atoms with van der Waals surface area (Å²) in [6.07, 6.45) is 1.41. The number of anilines is 1. The highest BCUT2D eigenvalue weighted by Crippen LogP contribution is 2.21. The Bertz CT molecular complexity index is 871. The van der Waals surface area contributed by atoms with Gasteiger partial charge in [0, 0.05) is 27.3 Å². The lowest BCUT2D eigenvalue weighted by Crippen LogP contribution is -2.22. The van der Waals surface area contributed by atoms with Crippen LogP contribution in [0, 0.1) is 5.82 Å². The Hall–Kier alpha value is -2.47. The minimum absolute atomic E-state index is 0.143. The molecule has 0 aliphatic rings. The van der Waals surface area contributed by atoms with Gasteiger partial charge in [-0.3, -0.25) is 9.59 Å². The van der Waals surface area contributed by atoms with Crippen LogP contribution in [0.3, 0.4) is 0 Å². The van der Waals surface area contributed by atoms with Crippen LogP contribution in [0.5, 0.6) is 0 Å². The van der Waals surface area contributed by atoms with E-state index in [2.05, 4.69) is 26.2 Å². The van der Waals surface area contributed by atoms with Crippen LogP contribution in [0.15, 0.2) is 53.1 Å². The first-order valence-corrected chi connectivity index (χ1v) is 7.22. The fraction of sp³-hybridized carbons (Fsp3) is 0. The third-order valence-corrected chi connectivity index (χ3v) is 3.73. The van der Waals surface area contributed by atoms with Crippen LogP contribution >= 0.6 is 15.9 Å². The first kappa shape index (κ1) is 14.5. The molecule has 22 heavy (non-hydrogen) atoms. The molecule has 0 bridgehead atoms. The number of benzene rings is 2. The second-order valence-electron chi connectivity index (χ2n) is 4.68. The monoisotopic (exact) mass is 360 g/mol. The van der Waals surface area contributed by atoms with E-state index in [0.717, 1.165) is 4.47 Å². The molecular weight excluding hydrogens is 351 g/mol. The third-order valence-electron chi connectivity index (χ3n) is 3.20. The number of halogens is 2. The van der Waals surface area contributed by atoms with E-state index in [1.54, 1.807) is 24.3 Å². The van der Waals surface area contributed by atoms with Crippen LogP contribution in [-0.4, -0.2) is 16.7 Å². The van der Waals surface area contributed by atoms with Crippen LogP contribution in [0.1, 0.15) is 10.4 Å². The maximum atomic E-state index is 13.3. The second-order valence-corrected chi connectivity index (χ2v) is 5.60. The van der Waals surface area contributed by atoms with E-state index in [-0.39, 0.29) is 5.56 Å². The van der Waals surface area contributed by atoms with Crippen molar-refractivity contribution in [2.24, 2.45) is 0 Å². The van der Waals surface area contributed by atoms with Crippen molar-refractivity contribution >= 4 is 44.2 Å². The Balaban J connectivity index is 1.87. The standard InChI is InChI=1S/C16H10BrFN2O2/c17-9-1-4-11(5-2-9)20-16(22)15(21)13-8-19-14-6-3-10(18)7-12(13)14/h1-8,19H,(H,20,22). The van der Waals surface area contributed by atoms with Crippen molar-refractivity contribution in [3.05, 3.63) is 64.5 Å². The van der Waals surface area contributed by atoms with Gasteiger partial charge in [0.05, 0.1) is 5.56 Å². The van der Waals surface area contributed by atoms with E-state index in [9.17, 15) is 14.0 Å². The molecule has 1 amide bonds. The molecular formula is C16H10BrFN2O2. The molecule has 0 fully saturated rings. The molecule has 0 aliphatic heterocycles. The average Bonchev–Trinajstić information content (AvgIpc) is 2.91. The second kappa shape index (κ2) is 5.73. The zero-order valence-electron chi connectivity index (χ0n) is 11.2. The number of fused-ring (bicyclic) bond motifs is 1. The van der Waals surface area contributed by atoms with Crippen LogP contribution in [-0.2, 0) is 4.79 Å². The molecule has 6 heteroatoms. The van der Waals surface area contributed by atoms with Crippen LogP contribution < -0.4 is 5.32 Å². The molecule has 1 aromatic heterocycles. The molecule has 0 radical (unpaired) electrons. The Morgan fingerprint density at radius 3 is 2.55 bits per heavy atom.